The highest BCUT2D eigenvalue weighted by Gasteiger charge is 2.12. The van der Waals surface area contributed by atoms with Crippen LogP contribution in [0, 0.1) is 0 Å². The minimum atomic E-state index is -0.224. The Bertz CT molecular complexity index is 852. The molecule has 0 spiro atoms. The van der Waals surface area contributed by atoms with Crippen molar-refractivity contribution in [3.8, 4) is 0 Å². The molecule has 4 nitrogen and oxygen atoms in total. The van der Waals surface area contributed by atoms with Gasteiger partial charge in [-0.15, -0.1) is 0 Å². The maximum absolute atomic E-state index is 12.5. The van der Waals surface area contributed by atoms with E-state index >= 15 is 0 Å². The third-order valence-electron chi connectivity index (χ3n) is 3.68. The molecule has 2 N–H and O–H groups in total. The summed E-state index contributed by atoms with van der Waals surface area (Å²) < 4.78 is 0. The molecule has 0 aliphatic rings. The van der Waals surface area contributed by atoms with Crippen LogP contribution in [-0.4, -0.2) is 17.4 Å². The minimum Gasteiger partial charge on any atom is -0.369 e. The Morgan fingerprint density at radius 1 is 1.00 bits per heavy atom. The Balaban J connectivity index is 1.66. The molecular formula is C20H18ClN3O. The van der Waals surface area contributed by atoms with Gasteiger partial charge in [-0.2, -0.15) is 0 Å². The summed E-state index contributed by atoms with van der Waals surface area (Å²) in [6.07, 6.45) is 2.52. The van der Waals surface area contributed by atoms with Crippen LogP contribution in [0.2, 0.25) is 5.02 Å². The standard InChI is InChI=1S/C20H18ClN3O/c21-16-8-4-9-17(14-16)24-20(25)18-10-5-12-22-19(18)23-13-11-15-6-2-1-3-7-15/h1-10,12,14H,11,13H2,(H,22,23)(H,24,25). The number of carbonyl (C=O) groups is 1. The van der Waals surface area contributed by atoms with E-state index < -0.39 is 0 Å². The summed E-state index contributed by atoms with van der Waals surface area (Å²) in [5.41, 5.74) is 2.38. The van der Waals surface area contributed by atoms with Crippen molar-refractivity contribution in [1.29, 1.82) is 0 Å². The molecule has 5 heteroatoms. The smallest absolute Gasteiger partial charge is 0.259 e. The number of amides is 1. The van der Waals surface area contributed by atoms with Crippen LogP contribution in [0.25, 0.3) is 0 Å². The molecule has 1 heterocycles. The molecule has 2 aromatic carbocycles. The number of nitrogens with one attached hydrogen (secondary N) is 2. The number of nitrogens with zero attached hydrogens (tertiary/aromatic N) is 1. The minimum absolute atomic E-state index is 0.224. The lowest BCUT2D eigenvalue weighted by atomic mass is 10.1. The first kappa shape index (κ1) is 17.0. The zero-order chi connectivity index (χ0) is 17.5. The fourth-order valence-electron chi connectivity index (χ4n) is 2.46. The van der Waals surface area contributed by atoms with Gasteiger partial charge in [-0.05, 0) is 42.3 Å². The predicted molar refractivity (Wildman–Crippen MR) is 102 cm³/mol. The van der Waals surface area contributed by atoms with Crippen LogP contribution in [0.5, 0.6) is 0 Å². The van der Waals surface area contributed by atoms with E-state index in [1.165, 1.54) is 5.56 Å². The van der Waals surface area contributed by atoms with E-state index in [9.17, 15) is 4.79 Å². The number of rotatable bonds is 6. The average molecular weight is 352 g/mol. The molecule has 1 aromatic heterocycles. The fourth-order valence-corrected chi connectivity index (χ4v) is 2.65. The van der Waals surface area contributed by atoms with Crippen molar-refractivity contribution in [3.63, 3.8) is 0 Å². The lowest BCUT2D eigenvalue weighted by molar-refractivity contribution is 0.102. The Morgan fingerprint density at radius 2 is 1.84 bits per heavy atom. The van der Waals surface area contributed by atoms with Gasteiger partial charge in [0.15, 0.2) is 0 Å². The van der Waals surface area contributed by atoms with Crippen LogP contribution >= 0.6 is 11.6 Å². The van der Waals surface area contributed by atoms with E-state index in [2.05, 4.69) is 27.8 Å². The number of hydrogen-bond acceptors (Lipinski definition) is 3. The maximum atomic E-state index is 12.5. The van der Waals surface area contributed by atoms with E-state index in [4.69, 9.17) is 11.6 Å². The summed E-state index contributed by atoms with van der Waals surface area (Å²) in [6, 6.07) is 20.7. The lowest BCUT2D eigenvalue weighted by Gasteiger charge is -2.11. The van der Waals surface area contributed by atoms with Crippen LogP contribution in [0.15, 0.2) is 72.9 Å². The number of benzene rings is 2. The van der Waals surface area contributed by atoms with Crippen molar-refractivity contribution in [3.05, 3.63) is 89.1 Å². The number of carbonyl (C=O) groups excluding carboxylic acids is 1. The van der Waals surface area contributed by atoms with Crippen molar-refractivity contribution >= 4 is 29.0 Å². The topological polar surface area (TPSA) is 54.0 Å². The first-order valence-corrected chi connectivity index (χ1v) is 8.40. The van der Waals surface area contributed by atoms with E-state index in [0.717, 1.165) is 6.42 Å². The first-order chi connectivity index (χ1) is 12.2. The Morgan fingerprint density at radius 3 is 2.64 bits per heavy atom. The highest BCUT2D eigenvalue weighted by molar-refractivity contribution is 6.31. The third kappa shape index (κ3) is 4.81. The first-order valence-electron chi connectivity index (χ1n) is 8.02. The summed E-state index contributed by atoms with van der Waals surface area (Å²) in [6.45, 7) is 0.693. The zero-order valence-corrected chi connectivity index (χ0v) is 14.3. The van der Waals surface area contributed by atoms with Crippen LogP contribution in [0.4, 0.5) is 11.5 Å². The van der Waals surface area contributed by atoms with Gasteiger partial charge in [0.1, 0.15) is 5.82 Å². The Labute approximate surface area is 151 Å². The lowest BCUT2D eigenvalue weighted by Crippen LogP contribution is -2.16. The predicted octanol–water partition coefficient (Wildman–Crippen LogP) is 4.64. The van der Waals surface area contributed by atoms with E-state index in [1.807, 2.05) is 18.2 Å². The van der Waals surface area contributed by atoms with Crippen molar-refractivity contribution in [2.45, 2.75) is 6.42 Å². The monoisotopic (exact) mass is 351 g/mol. The van der Waals surface area contributed by atoms with Gasteiger partial charge in [-0.1, -0.05) is 48.0 Å². The molecule has 3 aromatic rings. The van der Waals surface area contributed by atoms with Gasteiger partial charge in [0.05, 0.1) is 5.56 Å². The highest BCUT2D eigenvalue weighted by Crippen LogP contribution is 2.18. The fraction of sp³-hybridized carbons (Fsp3) is 0.100. The summed E-state index contributed by atoms with van der Waals surface area (Å²) in [7, 11) is 0. The quantitative estimate of drug-likeness (QED) is 0.680. The van der Waals surface area contributed by atoms with E-state index in [0.29, 0.717) is 28.6 Å². The molecule has 0 unspecified atom stereocenters. The maximum Gasteiger partial charge on any atom is 0.259 e. The molecule has 0 atom stereocenters. The molecule has 1 amide bonds. The largest absolute Gasteiger partial charge is 0.369 e. The van der Waals surface area contributed by atoms with Gasteiger partial charge in [-0.3, -0.25) is 4.79 Å². The van der Waals surface area contributed by atoms with Crippen molar-refractivity contribution < 1.29 is 4.79 Å². The van der Waals surface area contributed by atoms with Gasteiger partial charge in [0, 0.05) is 23.5 Å². The Kier molecular flexibility index (Phi) is 5.65. The molecule has 0 aliphatic carbocycles. The summed E-state index contributed by atoms with van der Waals surface area (Å²) in [5, 5.41) is 6.66. The van der Waals surface area contributed by atoms with E-state index in [-0.39, 0.29) is 5.91 Å². The van der Waals surface area contributed by atoms with Crippen LogP contribution in [0.3, 0.4) is 0 Å². The second-order valence-corrected chi connectivity index (χ2v) is 5.96. The van der Waals surface area contributed by atoms with Crippen molar-refractivity contribution in [2.75, 3.05) is 17.2 Å². The van der Waals surface area contributed by atoms with Gasteiger partial charge < -0.3 is 10.6 Å². The number of pyridine rings is 1. The molecular weight excluding hydrogens is 334 g/mol. The number of hydrogen-bond donors (Lipinski definition) is 2. The normalized spacial score (nSPS) is 10.3. The molecule has 0 bridgehead atoms. The number of anilines is 2. The number of halogens is 1. The molecule has 0 aliphatic heterocycles. The second-order valence-electron chi connectivity index (χ2n) is 5.53. The SMILES string of the molecule is O=C(Nc1cccc(Cl)c1)c1cccnc1NCCc1ccccc1. The number of aromatic nitrogens is 1. The molecule has 0 fully saturated rings. The summed E-state index contributed by atoms with van der Waals surface area (Å²) in [5.74, 6) is 0.343. The second kappa shape index (κ2) is 8.31. The van der Waals surface area contributed by atoms with Crippen LogP contribution in [0.1, 0.15) is 15.9 Å². The molecule has 0 radical (unpaired) electrons. The molecule has 126 valence electrons. The highest BCUT2D eigenvalue weighted by atomic mass is 35.5. The van der Waals surface area contributed by atoms with Gasteiger partial charge >= 0.3 is 0 Å². The van der Waals surface area contributed by atoms with Crippen molar-refractivity contribution in [1.82, 2.24) is 4.98 Å². The van der Waals surface area contributed by atoms with Gasteiger partial charge in [-0.25, -0.2) is 4.98 Å². The third-order valence-corrected chi connectivity index (χ3v) is 3.92. The molecule has 3 rings (SSSR count). The van der Waals surface area contributed by atoms with Gasteiger partial charge in [0.25, 0.3) is 5.91 Å². The van der Waals surface area contributed by atoms with Crippen LogP contribution in [-0.2, 0) is 6.42 Å². The van der Waals surface area contributed by atoms with E-state index in [1.54, 1.807) is 42.6 Å². The average Bonchev–Trinajstić information content (AvgIpc) is 2.63. The van der Waals surface area contributed by atoms with Crippen molar-refractivity contribution in [2.24, 2.45) is 0 Å². The van der Waals surface area contributed by atoms with Gasteiger partial charge in [0.2, 0.25) is 0 Å². The zero-order valence-electron chi connectivity index (χ0n) is 13.6. The Hall–Kier alpha value is -2.85. The molecule has 0 saturated carbocycles. The molecule has 25 heavy (non-hydrogen) atoms. The van der Waals surface area contributed by atoms with Crippen LogP contribution < -0.4 is 10.6 Å². The molecule has 0 saturated heterocycles. The summed E-state index contributed by atoms with van der Waals surface area (Å²) >= 11 is 5.96. The summed E-state index contributed by atoms with van der Waals surface area (Å²) in [4.78, 5) is 16.8.